The molecule has 18 heavy (non-hydrogen) atoms. The van der Waals surface area contributed by atoms with E-state index in [0.29, 0.717) is 11.8 Å². The highest BCUT2D eigenvalue weighted by molar-refractivity contribution is 5.59. The van der Waals surface area contributed by atoms with Crippen LogP contribution < -0.4 is 10.6 Å². The second kappa shape index (κ2) is 5.95. The van der Waals surface area contributed by atoms with Crippen molar-refractivity contribution in [1.29, 1.82) is 0 Å². The zero-order valence-corrected chi connectivity index (χ0v) is 10.6. The second-order valence-electron chi connectivity index (χ2n) is 4.03. The fraction of sp³-hybridized carbons (Fsp3) is 0.308. The van der Waals surface area contributed by atoms with E-state index in [2.05, 4.69) is 32.7 Å². The lowest BCUT2D eigenvalue weighted by Gasteiger charge is -2.09. The van der Waals surface area contributed by atoms with Crippen LogP contribution >= 0.6 is 0 Å². The predicted molar refractivity (Wildman–Crippen MR) is 73.1 cm³/mol. The summed E-state index contributed by atoms with van der Waals surface area (Å²) >= 11 is 0. The molecule has 5 nitrogen and oxygen atoms in total. The van der Waals surface area contributed by atoms with Crippen LogP contribution in [0.3, 0.4) is 0 Å². The Balaban J connectivity index is 2.12. The van der Waals surface area contributed by atoms with Gasteiger partial charge in [-0.2, -0.15) is 10.1 Å². The largest absolute Gasteiger partial charge is 0.353 e. The Bertz CT molecular complexity index is 512. The normalized spacial score (nSPS) is 10.1. The lowest BCUT2D eigenvalue weighted by atomic mass is 10.2. The molecule has 0 atom stereocenters. The van der Waals surface area contributed by atoms with Gasteiger partial charge in [0.25, 0.3) is 0 Å². The monoisotopic (exact) mass is 243 g/mol. The van der Waals surface area contributed by atoms with Crippen molar-refractivity contribution < 1.29 is 0 Å². The smallest absolute Gasteiger partial charge is 0.244 e. The number of hydrogen-bond donors (Lipinski definition) is 2. The molecule has 0 amide bonds. The third kappa shape index (κ3) is 3.16. The molecule has 0 spiro atoms. The van der Waals surface area contributed by atoms with E-state index < -0.39 is 0 Å². The molecule has 0 unspecified atom stereocenters. The first kappa shape index (κ1) is 12.3. The third-order valence-corrected chi connectivity index (χ3v) is 2.50. The minimum absolute atomic E-state index is 0.551. The van der Waals surface area contributed by atoms with E-state index in [4.69, 9.17) is 0 Å². The molecule has 2 rings (SSSR count). The quantitative estimate of drug-likeness (QED) is 0.845. The van der Waals surface area contributed by atoms with Crippen LogP contribution in [0.5, 0.6) is 0 Å². The molecular weight excluding hydrogens is 226 g/mol. The maximum absolute atomic E-state index is 4.35. The first-order valence-electron chi connectivity index (χ1n) is 6.06. The number of rotatable bonds is 5. The highest BCUT2D eigenvalue weighted by Gasteiger charge is 2.01. The lowest BCUT2D eigenvalue weighted by Crippen LogP contribution is -2.07. The van der Waals surface area contributed by atoms with E-state index in [1.165, 1.54) is 5.56 Å². The topological polar surface area (TPSA) is 62.7 Å². The van der Waals surface area contributed by atoms with Crippen molar-refractivity contribution in [1.82, 2.24) is 15.2 Å². The standard InChI is InChI=1S/C13H17N5/c1-3-8-14-13-17-12(9-15-18-13)16-11-7-5-4-6-10(11)2/h4-7,9H,3,8H2,1-2H3,(H2,14,16,17,18). The van der Waals surface area contributed by atoms with Gasteiger partial charge in [-0.1, -0.05) is 25.1 Å². The van der Waals surface area contributed by atoms with Gasteiger partial charge in [0, 0.05) is 12.2 Å². The number of aryl methyl sites for hydroxylation is 1. The molecule has 2 aromatic rings. The van der Waals surface area contributed by atoms with Gasteiger partial charge in [-0.15, -0.1) is 5.10 Å². The fourth-order valence-electron chi connectivity index (χ4n) is 1.53. The van der Waals surface area contributed by atoms with Crippen LogP contribution in [0, 0.1) is 6.92 Å². The number of nitrogens with zero attached hydrogens (tertiary/aromatic N) is 3. The Hall–Kier alpha value is -2.17. The van der Waals surface area contributed by atoms with Crippen molar-refractivity contribution in [2.24, 2.45) is 0 Å². The van der Waals surface area contributed by atoms with Gasteiger partial charge in [0.15, 0.2) is 5.82 Å². The molecule has 0 aliphatic rings. The summed E-state index contributed by atoms with van der Waals surface area (Å²) in [5, 5.41) is 14.2. The van der Waals surface area contributed by atoms with Crippen LogP contribution in [0.4, 0.5) is 17.5 Å². The average Bonchev–Trinajstić information content (AvgIpc) is 2.40. The van der Waals surface area contributed by atoms with Gasteiger partial charge >= 0.3 is 0 Å². The summed E-state index contributed by atoms with van der Waals surface area (Å²) < 4.78 is 0. The first-order chi connectivity index (χ1) is 8.79. The summed E-state index contributed by atoms with van der Waals surface area (Å²) in [4.78, 5) is 4.35. The molecule has 0 aliphatic carbocycles. The van der Waals surface area contributed by atoms with Gasteiger partial charge in [0.1, 0.15) is 0 Å². The van der Waals surface area contributed by atoms with E-state index in [0.717, 1.165) is 18.7 Å². The van der Waals surface area contributed by atoms with E-state index in [1.54, 1.807) is 6.20 Å². The Morgan fingerprint density at radius 1 is 1.22 bits per heavy atom. The van der Waals surface area contributed by atoms with E-state index in [-0.39, 0.29) is 0 Å². The van der Waals surface area contributed by atoms with Crippen LogP contribution in [0.2, 0.25) is 0 Å². The molecule has 0 bridgehead atoms. The summed E-state index contributed by atoms with van der Waals surface area (Å²) in [5.41, 5.74) is 2.19. The van der Waals surface area contributed by atoms with Gasteiger partial charge in [-0.05, 0) is 25.0 Å². The molecule has 2 N–H and O–H groups in total. The molecule has 0 saturated carbocycles. The Morgan fingerprint density at radius 2 is 2.06 bits per heavy atom. The summed E-state index contributed by atoms with van der Waals surface area (Å²) in [6, 6.07) is 8.05. The summed E-state index contributed by atoms with van der Waals surface area (Å²) in [7, 11) is 0. The predicted octanol–water partition coefficient (Wildman–Crippen LogP) is 2.75. The van der Waals surface area contributed by atoms with E-state index in [1.807, 2.05) is 31.2 Å². The molecule has 0 aliphatic heterocycles. The highest BCUT2D eigenvalue weighted by atomic mass is 15.3. The molecule has 0 fully saturated rings. The number of benzene rings is 1. The van der Waals surface area contributed by atoms with Crippen LogP contribution in [0.1, 0.15) is 18.9 Å². The average molecular weight is 243 g/mol. The molecular formula is C13H17N5. The maximum Gasteiger partial charge on any atom is 0.244 e. The number of anilines is 3. The SMILES string of the molecule is CCCNc1nncc(Nc2ccccc2C)n1. The van der Waals surface area contributed by atoms with Crippen LogP contribution in [0.15, 0.2) is 30.5 Å². The number of nitrogens with one attached hydrogen (secondary N) is 2. The molecule has 0 radical (unpaired) electrons. The minimum atomic E-state index is 0.551. The summed E-state index contributed by atoms with van der Waals surface area (Å²) in [5.74, 6) is 1.24. The maximum atomic E-state index is 4.35. The molecule has 5 heteroatoms. The Kier molecular flexibility index (Phi) is 4.06. The minimum Gasteiger partial charge on any atom is -0.353 e. The Morgan fingerprint density at radius 3 is 2.83 bits per heavy atom. The number of aromatic nitrogens is 3. The molecule has 1 heterocycles. The van der Waals surface area contributed by atoms with Crippen molar-refractivity contribution in [2.75, 3.05) is 17.2 Å². The molecule has 1 aromatic heterocycles. The van der Waals surface area contributed by atoms with Crippen molar-refractivity contribution >= 4 is 17.5 Å². The van der Waals surface area contributed by atoms with Crippen LogP contribution in [0.25, 0.3) is 0 Å². The van der Waals surface area contributed by atoms with Gasteiger partial charge in [-0.25, -0.2) is 0 Å². The number of para-hydroxylation sites is 1. The highest BCUT2D eigenvalue weighted by Crippen LogP contribution is 2.18. The molecule has 94 valence electrons. The van der Waals surface area contributed by atoms with Gasteiger partial charge in [-0.3, -0.25) is 0 Å². The van der Waals surface area contributed by atoms with Crippen LogP contribution in [-0.2, 0) is 0 Å². The van der Waals surface area contributed by atoms with Gasteiger partial charge in [0.2, 0.25) is 5.95 Å². The molecule has 0 saturated heterocycles. The van der Waals surface area contributed by atoms with Crippen molar-refractivity contribution in [3.63, 3.8) is 0 Å². The fourth-order valence-corrected chi connectivity index (χ4v) is 1.53. The Labute approximate surface area is 107 Å². The van der Waals surface area contributed by atoms with Gasteiger partial charge in [0.05, 0.1) is 6.20 Å². The van der Waals surface area contributed by atoms with E-state index >= 15 is 0 Å². The zero-order chi connectivity index (χ0) is 12.8. The van der Waals surface area contributed by atoms with Crippen molar-refractivity contribution in [3.8, 4) is 0 Å². The number of hydrogen-bond acceptors (Lipinski definition) is 5. The zero-order valence-electron chi connectivity index (χ0n) is 10.6. The third-order valence-electron chi connectivity index (χ3n) is 2.50. The molecule has 1 aromatic carbocycles. The lowest BCUT2D eigenvalue weighted by molar-refractivity contribution is 0.913. The first-order valence-corrected chi connectivity index (χ1v) is 6.06. The van der Waals surface area contributed by atoms with Gasteiger partial charge < -0.3 is 10.6 Å². The summed E-state index contributed by atoms with van der Waals surface area (Å²) in [6.45, 7) is 4.98. The summed E-state index contributed by atoms with van der Waals surface area (Å²) in [6.07, 6.45) is 2.64. The van der Waals surface area contributed by atoms with E-state index in [9.17, 15) is 0 Å². The van der Waals surface area contributed by atoms with Crippen LogP contribution in [-0.4, -0.2) is 21.7 Å². The van der Waals surface area contributed by atoms with Crippen molar-refractivity contribution in [2.45, 2.75) is 20.3 Å². The van der Waals surface area contributed by atoms with Crippen molar-refractivity contribution in [3.05, 3.63) is 36.0 Å². The second-order valence-corrected chi connectivity index (χ2v) is 4.03.